The fourth-order valence-corrected chi connectivity index (χ4v) is 7.54. The number of amides is 1. The zero-order valence-corrected chi connectivity index (χ0v) is 37.5. The normalized spacial score (nSPS) is 13.4. The summed E-state index contributed by atoms with van der Waals surface area (Å²) >= 11 is 0. The molecular weight excluding hydrogens is 695 g/mol. The van der Waals surface area contributed by atoms with Gasteiger partial charge >= 0.3 is 5.97 Å². The predicted molar refractivity (Wildman–Crippen MR) is 241 cm³/mol. The van der Waals surface area contributed by atoms with Crippen molar-refractivity contribution in [2.45, 2.75) is 277 Å². The van der Waals surface area contributed by atoms with Crippen LogP contribution in [0.2, 0.25) is 0 Å². The summed E-state index contributed by atoms with van der Waals surface area (Å²) in [5.41, 5.74) is 0. The first-order chi connectivity index (χ1) is 27.5. The molecule has 3 unspecified atom stereocenters. The van der Waals surface area contributed by atoms with Crippen LogP contribution < -0.4 is 5.32 Å². The molecule has 0 aromatic heterocycles. The largest absolute Gasteiger partial charge is 0.462 e. The third-order valence-electron chi connectivity index (χ3n) is 11.3. The number of esters is 1. The van der Waals surface area contributed by atoms with Crippen molar-refractivity contribution in [2.75, 3.05) is 6.61 Å². The lowest BCUT2D eigenvalue weighted by molar-refractivity contribution is -0.151. The molecule has 6 nitrogen and oxygen atoms in total. The van der Waals surface area contributed by atoms with Crippen molar-refractivity contribution in [1.29, 1.82) is 0 Å². The summed E-state index contributed by atoms with van der Waals surface area (Å²) in [4.78, 5) is 26.0. The Morgan fingerprint density at radius 2 is 0.893 bits per heavy atom. The Balaban J connectivity index is 4.50. The second-order valence-corrected chi connectivity index (χ2v) is 16.9. The van der Waals surface area contributed by atoms with E-state index in [-0.39, 0.29) is 24.9 Å². The molecule has 0 saturated heterocycles. The molecule has 330 valence electrons. The number of allylic oxidation sites excluding steroid dienone is 4. The van der Waals surface area contributed by atoms with E-state index in [0.29, 0.717) is 19.3 Å². The van der Waals surface area contributed by atoms with Gasteiger partial charge in [-0.15, -0.1) is 0 Å². The van der Waals surface area contributed by atoms with E-state index in [1.54, 1.807) is 0 Å². The highest BCUT2D eigenvalue weighted by atomic mass is 16.5. The molecule has 3 atom stereocenters. The average molecular weight is 790 g/mol. The SMILES string of the molecule is CCCCCCCCC/C=C/C=C/CCCCCCCC(=O)OC(CCCCCCCCCCCC)CC(=O)NC(CO)C(O)CCCCCCCCCCC. The topological polar surface area (TPSA) is 95.9 Å². The minimum absolute atomic E-state index is 0.0756. The second kappa shape index (κ2) is 44.4. The molecule has 3 N–H and O–H groups in total. The van der Waals surface area contributed by atoms with Crippen molar-refractivity contribution >= 4 is 11.9 Å². The first-order valence-electron chi connectivity index (χ1n) is 24.6. The standard InChI is InChI=1S/C50H95NO5/c1-4-7-10-13-16-19-21-22-23-24-25-26-27-28-31-34-37-40-43-50(55)56-46(41-38-35-32-30-20-17-14-11-8-5-2)44-49(54)51-47(45-52)48(53)42-39-36-33-29-18-15-12-9-6-3/h23-26,46-48,52-53H,4-22,27-45H2,1-3H3,(H,51,54)/b24-23+,26-25+. The minimum atomic E-state index is -0.783. The maximum atomic E-state index is 13.1. The number of aliphatic hydroxyl groups excluding tert-OH is 2. The molecule has 0 rings (SSSR count). The summed E-state index contributed by atoms with van der Waals surface area (Å²) in [6.45, 7) is 6.45. The summed E-state index contributed by atoms with van der Waals surface area (Å²) < 4.78 is 5.91. The Labute approximate surface area is 348 Å². The molecule has 0 aliphatic carbocycles. The van der Waals surface area contributed by atoms with Crippen LogP contribution >= 0.6 is 0 Å². The van der Waals surface area contributed by atoms with Crippen LogP contribution in [-0.2, 0) is 14.3 Å². The Hall–Kier alpha value is -1.66. The molecule has 0 heterocycles. The van der Waals surface area contributed by atoms with Crippen LogP contribution in [0.25, 0.3) is 0 Å². The summed E-state index contributed by atoms with van der Waals surface area (Å²) in [7, 11) is 0. The van der Waals surface area contributed by atoms with Gasteiger partial charge < -0.3 is 20.3 Å². The van der Waals surface area contributed by atoms with Crippen molar-refractivity contribution in [1.82, 2.24) is 5.32 Å². The number of unbranched alkanes of at least 4 members (excludes halogenated alkanes) is 29. The number of hydrogen-bond donors (Lipinski definition) is 3. The monoisotopic (exact) mass is 790 g/mol. The van der Waals surface area contributed by atoms with Gasteiger partial charge in [-0.2, -0.15) is 0 Å². The maximum absolute atomic E-state index is 13.1. The number of carbonyl (C=O) groups excluding carboxylic acids is 2. The van der Waals surface area contributed by atoms with Crippen molar-refractivity contribution in [3.63, 3.8) is 0 Å². The van der Waals surface area contributed by atoms with E-state index in [9.17, 15) is 19.8 Å². The fourth-order valence-electron chi connectivity index (χ4n) is 7.54. The summed E-state index contributed by atoms with van der Waals surface area (Å²) in [6.07, 6.45) is 49.6. The van der Waals surface area contributed by atoms with Crippen LogP contribution in [-0.4, -0.2) is 46.9 Å². The smallest absolute Gasteiger partial charge is 0.306 e. The Kier molecular flexibility index (Phi) is 43.1. The van der Waals surface area contributed by atoms with Gasteiger partial charge in [0.25, 0.3) is 0 Å². The van der Waals surface area contributed by atoms with Crippen molar-refractivity contribution in [2.24, 2.45) is 0 Å². The number of hydrogen-bond acceptors (Lipinski definition) is 5. The Morgan fingerprint density at radius 1 is 0.518 bits per heavy atom. The van der Waals surface area contributed by atoms with Gasteiger partial charge in [0, 0.05) is 6.42 Å². The molecule has 0 aliphatic rings. The van der Waals surface area contributed by atoms with Gasteiger partial charge in [-0.3, -0.25) is 9.59 Å². The molecule has 0 saturated carbocycles. The Morgan fingerprint density at radius 3 is 1.32 bits per heavy atom. The first-order valence-corrected chi connectivity index (χ1v) is 24.6. The van der Waals surface area contributed by atoms with Crippen LogP contribution in [0.3, 0.4) is 0 Å². The number of rotatable bonds is 44. The summed E-state index contributed by atoms with van der Waals surface area (Å²) in [5.74, 6) is -0.483. The van der Waals surface area contributed by atoms with Gasteiger partial charge in [-0.25, -0.2) is 0 Å². The third kappa shape index (κ3) is 39.2. The molecule has 56 heavy (non-hydrogen) atoms. The van der Waals surface area contributed by atoms with E-state index >= 15 is 0 Å². The van der Waals surface area contributed by atoms with Crippen molar-refractivity contribution in [3.8, 4) is 0 Å². The molecule has 0 spiro atoms. The summed E-state index contributed by atoms with van der Waals surface area (Å²) in [5, 5.41) is 23.6. The van der Waals surface area contributed by atoms with Gasteiger partial charge in [-0.1, -0.05) is 218 Å². The zero-order valence-electron chi connectivity index (χ0n) is 37.5. The van der Waals surface area contributed by atoms with Gasteiger partial charge in [-0.05, 0) is 51.4 Å². The maximum Gasteiger partial charge on any atom is 0.306 e. The van der Waals surface area contributed by atoms with Crippen molar-refractivity contribution in [3.05, 3.63) is 24.3 Å². The molecule has 0 aromatic rings. The van der Waals surface area contributed by atoms with Crippen LogP contribution in [0, 0.1) is 0 Å². The molecule has 0 aliphatic heterocycles. The van der Waals surface area contributed by atoms with E-state index in [4.69, 9.17) is 4.74 Å². The minimum Gasteiger partial charge on any atom is -0.462 e. The number of carbonyl (C=O) groups is 2. The lowest BCUT2D eigenvalue weighted by Gasteiger charge is -2.24. The van der Waals surface area contributed by atoms with Crippen LogP contribution in [0.5, 0.6) is 0 Å². The average Bonchev–Trinajstić information content (AvgIpc) is 3.19. The Bertz CT molecular complexity index is 889. The highest BCUT2D eigenvalue weighted by Crippen LogP contribution is 2.18. The molecule has 0 fully saturated rings. The van der Waals surface area contributed by atoms with Gasteiger partial charge in [0.2, 0.25) is 5.91 Å². The lowest BCUT2D eigenvalue weighted by atomic mass is 10.0. The molecule has 6 heteroatoms. The number of ether oxygens (including phenoxy) is 1. The number of nitrogens with one attached hydrogen (secondary N) is 1. The van der Waals surface area contributed by atoms with Gasteiger partial charge in [0.1, 0.15) is 6.10 Å². The summed E-state index contributed by atoms with van der Waals surface area (Å²) in [6, 6.07) is -0.697. The van der Waals surface area contributed by atoms with E-state index in [2.05, 4.69) is 50.4 Å². The quantitative estimate of drug-likeness (QED) is 0.0324. The fraction of sp³-hybridized carbons (Fsp3) is 0.880. The van der Waals surface area contributed by atoms with Crippen LogP contribution in [0.4, 0.5) is 0 Å². The first kappa shape index (κ1) is 54.3. The molecule has 0 aromatic carbocycles. The molecule has 0 bridgehead atoms. The third-order valence-corrected chi connectivity index (χ3v) is 11.3. The van der Waals surface area contributed by atoms with E-state index in [1.807, 2.05) is 0 Å². The molecular formula is C50H95NO5. The van der Waals surface area contributed by atoms with E-state index < -0.39 is 18.2 Å². The highest BCUT2D eigenvalue weighted by molar-refractivity contribution is 5.77. The highest BCUT2D eigenvalue weighted by Gasteiger charge is 2.24. The van der Waals surface area contributed by atoms with Gasteiger partial charge in [0.15, 0.2) is 0 Å². The van der Waals surface area contributed by atoms with Crippen LogP contribution in [0.1, 0.15) is 258 Å². The lowest BCUT2D eigenvalue weighted by Crippen LogP contribution is -2.46. The second-order valence-electron chi connectivity index (χ2n) is 16.9. The van der Waals surface area contributed by atoms with Crippen LogP contribution in [0.15, 0.2) is 24.3 Å². The van der Waals surface area contributed by atoms with Crippen molar-refractivity contribution < 1.29 is 24.5 Å². The van der Waals surface area contributed by atoms with E-state index in [1.165, 1.54) is 154 Å². The predicted octanol–water partition coefficient (Wildman–Crippen LogP) is 14.3. The number of aliphatic hydroxyl groups is 2. The van der Waals surface area contributed by atoms with E-state index in [0.717, 1.165) is 57.8 Å². The molecule has 1 amide bonds. The molecule has 0 radical (unpaired) electrons. The zero-order chi connectivity index (χ0) is 41.0. The van der Waals surface area contributed by atoms with Gasteiger partial charge in [0.05, 0.1) is 25.2 Å².